The SMILES string of the molecule is CCNC(=S)NN=Cc1cc(I)c(OCc2cccc(C)c2)c(OC)c1. The van der Waals surface area contributed by atoms with Crippen LogP contribution in [0, 0.1) is 10.5 Å². The first-order valence-electron chi connectivity index (χ1n) is 8.16. The second kappa shape index (κ2) is 10.3. The number of halogens is 1. The molecule has 5 nitrogen and oxygen atoms in total. The lowest BCUT2D eigenvalue weighted by molar-refractivity contribution is 0.282. The number of nitrogens with zero attached hydrogens (tertiary/aromatic N) is 1. The molecule has 0 saturated carbocycles. The average molecular weight is 483 g/mol. The molecule has 0 spiro atoms. The summed E-state index contributed by atoms with van der Waals surface area (Å²) in [5, 5.41) is 7.59. The van der Waals surface area contributed by atoms with Crippen molar-refractivity contribution in [3.8, 4) is 11.5 Å². The summed E-state index contributed by atoms with van der Waals surface area (Å²) in [5.74, 6) is 1.39. The molecule has 0 radical (unpaired) electrons. The van der Waals surface area contributed by atoms with Crippen LogP contribution < -0.4 is 20.2 Å². The fraction of sp³-hybridized carbons (Fsp3) is 0.263. The maximum atomic E-state index is 6.01. The van der Waals surface area contributed by atoms with E-state index >= 15 is 0 Å². The van der Waals surface area contributed by atoms with E-state index in [1.54, 1.807) is 13.3 Å². The molecule has 0 aliphatic rings. The number of rotatable bonds is 7. The fourth-order valence-electron chi connectivity index (χ4n) is 2.28. The molecule has 0 unspecified atom stereocenters. The molecule has 0 saturated heterocycles. The highest BCUT2D eigenvalue weighted by molar-refractivity contribution is 14.1. The van der Waals surface area contributed by atoms with Gasteiger partial charge in [0.1, 0.15) is 6.61 Å². The van der Waals surface area contributed by atoms with Crippen LogP contribution in [0.25, 0.3) is 0 Å². The number of nitrogens with one attached hydrogen (secondary N) is 2. The first kappa shape index (κ1) is 20.4. The van der Waals surface area contributed by atoms with Crippen LogP contribution >= 0.6 is 34.8 Å². The molecule has 0 fully saturated rings. The van der Waals surface area contributed by atoms with Gasteiger partial charge in [-0.15, -0.1) is 0 Å². The molecule has 0 aliphatic heterocycles. The Bertz CT molecular complexity index is 796. The Morgan fingerprint density at radius 2 is 2.12 bits per heavy atom. The lowest BCUT2D eigenvalue weighted by Crippen LogP contribution is -2.31. The van der Waals surface area contributed by atoms with Crippen LogP contribution in [0.15, 0.2) is 41.5 Å². The number of benzene rings is 2. The summed E-state index contributed by atoms with van der Waals surface area (Å²) in [6, 6.07) is 12.1. The van der Waals surface area contributed by atoms with E-state index in [4.69, 9.17) is 21.7 Å². The molecule has 0 aromatic heterocycles. The van der Waals surface area contributed by atoms with E-state index < -0.39 is 0 Å². The van der Waals surface area contributed by atoms with Gasteiger partial charge < -0.3 is 14.8 Å². The zero-order valence-electron chi connectivity index (χ0n) is 15.0. The number of hydrogen-bond donors (Lipinski definition) is 2. The van der Waals surface area contributed by atoms with E-state index in [1.807, 2.05) is 31.2 Å². The molecule has 26 heavy (non-hydrogen) atoms. The van der Waals surface area contributed by atoms with Crippen molar-refractivity contribution in [2.75, 3.05) is 13.7 Å². The summed E-state index contributed by atoms with van der Waals surface area (Å²) in [4.78, 5) is 0. The fourth-order valence-corrected chi connectivity index (χ4v) is 3.26. The van der Waals surface area contributed by atoms with Gasteiger partial charge in [0.05, 0.1) is 16.9 Å². The van der Waals surface area contributed by atoms with Crippen LogP contribution in [0.2, 0.25) is 0 Å². The highest BCUT2D eigenvalue weighted by atomic mass is 127. The molecule has 138 valence electrons. The third kappa shape index (κ3) is 6.14. The monoisotopic (exact) mass is 483 g/mol. The van der Waals surface area contributed by atoms with Gasteiger partial charge in [-0.2, -0.15) is 5.10 Å². The van der Waals surface area contributed by atoms with Gasteiger partial charge in [-0.3, -0.25) is 5.43 Å². The third-order valence-corrected chi connectivity index (χ3v) is 4.47. The largest absolute Gasteiger partial charge is 0.493 e. The maximum absolute atomic E-state index is 6.01. The van der Waals surface area contributed by atoms with E-state index in [2.05, 4.69) is 57.5 Å². The molecule has 7 heteroatoms. The van der Waals surface area contributed by atoms with E-state index in [9.17, 15) is 0 Å². The van der Waals surface area contributed by atoms with Crippen LogP contribution in [0.3, 0.4) is 0 Å². The molecule has 0 heterocycles. The minimum absolute atomic E-state index is 0.486. The zero-order chi connectivity index (χ0) is 18.9. The second-order valence-electron chi connectivity index (χ2n) is 5.54. The predicted octanol–water partition coefficient (Wildman–Crippen LogP) is 4.01. The zero-order valence-corrected chi connectivity index (χ0v) is 18.0. The van der Waals surface area contributed by atoms with Crippen molar-refractivity contribution in [1.82, 2.24) is 10.7 Å². The Kier molecular flexibility index (Phi) is 8.11. The van der Waals surface area contributed by atoms with Crippen molar-refractivity contribution in [3.63, 3.8) is 0 Å². The van der Waals surface area contributed by atoms with E-state index in [1.165, 1.54) is 5.56 Å². The highest BCUT2D eigenvalue weighted by Crippen LogP contribution is 2.34. The van der Waals surface area contributed by atoms with Crippen molar-refractivity contribution < 1.29 is 9.47 Å². The van der Waals surface area contributed by atoms with Gasteiger partial charge in [-0.25, -0.2) is 0 Å². The van der Waals surface area contributed by atoms with Gasteiger partial charge in [0.2, 0.25) is 0 Å². The topological polar surface area (TPSA) is 54.9 Å². The van der Waals surface area contributed by atoms with Crippen molar-refractivity contribution in [3.05, 3.63) is 56.7 Å². The third-order valence-electron chi connectivity index (χ3n) is 3.43. The summed E-state index contributed by atoms with van der Waals surface area (Å²) in [7, 11) is 1.63. The number of hydrogen-bond acceptors (Lipinski definition) is 4. The molecular formula is C19H22IN3O2S. The van der Waals surface area contributed by atoms with Crippen LogP contribution in [0.1, 0.15) is 23.6 Å². The van der Waals surface area contributed by atoms with Gasteiger partial charge in [-0.05, 0) is 71.9 Å². The maximum Gasteiger partial charge on any atom is 0.186 e. The Morgan fingerprint density at radius 3 is 2.81 bits per heavy atom. The van der Waals surface area contributed by atoms with Gasteiger partial charge in [0.25, 0.3) is 0 Å². The Morgan fingerprint density at radius 1 is 1.31 bits per heavy atom. The molecule has 2 N–H and O–H groups in total. The molecule has 0 aliphatic carbocycles. The highest BCUT2D eigenvalue weighted by Gasteiger charge is 2.11. The van der Waals surface area contributed by atoms with Gasteiger partial charge in [-0.1, -0.05) is 29.8 Å². The average Bonchev–Trinajstić information content (AvgIpc) is 2.60. The number of ether oxygens (including phenoxy) is 2. The molecule has 2 aromatic carbocycles. The number of hydrazone groups is 1. The lowest BCUT2D eigenvalue weighted by atomic mass is 10.1. The van der Waals surface area contributed by atoms with Crippen LogP contribution in [0.5, 0.6) is 11.5 Å². The summed E-state index contributed by atoms with van der Waals surface area (Å²) in [5.41, 5.74) is 5.99. The Labute approximate surface area is 173 Å². The van der Waals surface area contributed by atoms with Crippen LogP contribution in [-0.2, 0) is 6.61 Å². The first-order valence-corrected chi connectivity index (χ1v) is 9.65. The normalized spacial score (nSPS) is 10.6. The molecule has 2 aromatic rings. The summed E-state index contributed by atoms with van der Waals surface area (Å²) in [6.07, 6.45) is 1.69. The minimum atomic E-state index is 0.486. The number of thiocarbonyl (C=S) groups is 1. The quantitative estimate of drug-likeness (QED) is 0.270. The van der Waals surface area contributed by atoms with E-state index in [-0.39, 0.29) is 0 Å². The first-order chi connectivity index (χ1) is 12.5. The van der Waals surface area contributed by atoms with Crippen molar-refractivity contribution >= 4 is 46.1 Å². The van der Waals surface area contributed by atoms with E-state index in [0.717, 1.165) is 27.0 Å². The van der Waals surface area contributed by atoms with Crippen molar-refractivity contribution in [2.45, 2.75) is 20.5 Å². The van der Waals surface area contributed by atoms with Crippen molar-refractivity contribution in [1.29, 1.82) is 0 Å². The molecule has 0 atom stereocenters. The molecule has 0 bridgehead atoms. The van der Waals surface area contributed by atoms with E-state index in [0.29, 0.717) is 17.5 Å². The van der Waals surface area contributed by atoms with Gasteiger partial charge in [0, 0.05) is 6.54 Å². The molecule has 0 amide bonds. The smallest absolute Gasteiger partial charge is 0.186 e. The van der Waals surface area contributed by atoms with Crippen LogP contribution in [-0.4, -0.2) is 25.0 Å². The lowest BCUT2D eigenvalue weighted by Gasteiger charge is -2.14. The number of aryl methyl sites for hydroxylation is 1. The Hall–Kier alpha value is -1.87. The summed E-state index contributed by atoms with van der Waals surface area (Å²) >= 11 is 7.31. The Balaban J connectivity index is 2.10. The summed E-state index contributed by atoms with van der Waals surface area (Å²) in [6.45, 7) is 5.28. The molecular weight excluding hydrogens is 461 g/mol. The van der Waals surface area contributed by atoms with Crippen LogP contribution in [0.4, 0.5) is 0 Å². The standard InChI is InChI=1S/C19H22IN3O2S/c1-4-21-19(26)23-22-11-15-9-16(20)18(17(10-15)24-3)25-12-14-7-5-6-13(2)8-14/h5-11H,4,12H2,1-3H3,(H2,21,23,26). The van der Waals surface area contributed by atoms with Gasteiger partial charge >= 0.3 is 0 Å². The number of methoxy groups -OCH3 is 1. The minimum Gasteiger partial charge on any atom is -0.493 e. The van der Waals surface area contributed by atoms with Gasteiger partial charge in [0.15, 0.2) is 16.6 Å². The predicted molar refractivity (Wildman–Crippen MR) is 118 cm³/mol. The second-order valence-corrected chi connectivity index (χ2v) is 7.11. The van der Waals surface area contributed by atoms with Crippen molar-refractivity contribution in [2.24, 2.45) is 5.10 Å². The summed E-state index contributed by atoms with van der Waals surface area (Å²) < 4.78 is 12.5. The molecule has 2 rings (SSSR count).